The van der Waals surface area contributed by atoms with Crippen LogP contribution in [-0.2, 0) is 29.8 Å². The van der Waals surface area contributed by atoms with Crippen molar-refractivity contribution in [2.45, 2.75) is 66.3 Å². The smallest absolute Gasteiger partial charge is 0.360 e. The van der Waals surface area contributed by atoms with E-state index in [-0.39, 0.29) is 23.2 Å². The van der Waals surface area contributed by atoms with E-state index in [1.54, 1.807) is 72.1 Å². The van der Waals surface area contributed by atoms with E-state index in [0.717, 1.165) is 0 Å². The third-order valence-corrected chi connectivity index (χ3v) is 8.03. The van der Waals surface area contributed by atoms with Crippen LogP contribution < -0.4 is 5.32 Å². The highest BCUT2D eigenvalue weighted by Crippen LogP contribution is 2.65. The highest BCUT2D eigenvalue weighted by atomic mass is 31.2. The van der Waals surface area contributed by atoms with Crippen LogP contribution in [0.4, 0.5) is 5.69 Å². The fourth-order valence-electron chi connectivity index (χ4n) is 4.16. The largest absolute Gasteiger partial charge is 0.457 e. The van der Waals surface area contributed by atoms with E-state index < -0.39 is 36.6 Å². The molecular weight excluding hydrogens is 497 g/mol. The summed E-state index contributed by atoms with van der Waals surface area (Å²) in [6, 6.07) is 9.39. The van der Waals surface area contributed by atoms with Crippen LogP contribution in [0.15, 0.2) is 71.1 Å². The molecule has 2 heterocycles. The number of benzene rings is 1. The Kier molecular flexibility index (Phi) is 9.02. The molecule has 1 atom stereocenters. The second-order valence-electron chi connectivity index (χ2n) is 9.20. The summed E-state index contributed by atoms with van der Waals surface area (Å²) in [6.45, 7) is 10.3. The minimum Gasteiger partial charge on any atom is -0.457 e. The number of hydrogen-bond donors (Lipinski definition) is 1. The number of nitro groups is 1. The number of nitro benzene ring substituents is 1. The Morgan fingerprint density at radius 2 is 1.78 bits per heavy atom. The van der Waals surface area contributed by atoms with E-state index in [1.807, 2.05) is 0 Å². The Labute approximate surface area is 216 Å². The van der Waals surface area contributed by atoms with Gasteiger partial charge in [0.25, 0.3) is 5.69 Å². The topological polar surface area (TPSA) is 130 Å². The lowest BCUT2D eigenvalue weighted by molar-refractivity contribution is -0.384. The maximum Gasteiger partial charge on any atom is 0.360 e. The molecule has 0 spiro atoms. The number of nitrogens with zero attached hydrogens (tertiary/aromatic N) is 2. The van der Waals surface area contributed by atoms with Crippen LogP contribution in [0.25, 0.3) is 0 Å². The molecule has 1 N–H and O–H groups in total. The van der Waals surface area contributed by atoms with Crippen LogP contribution in [0.3, 0.4) is 0 Å². The van der Waals surface area contributed by atoms with E-state index in [4.69, 9.17) is 13.8 Å². The molecule has 1 aliphatic rings. The van der Waals surface area contributed by atoms with Gasteiger partial charge in [-0.05, 0) is 53.2 Å². The van der Waals surface area contributed by atoms with Crippen molar-refractivity contribution >= 4 is 19.3 Å². The predicted octanol–water partition coefficient (Wildman–Crippen LogP) is 5.97. The van der Waals surface area contributed by atoms with Crippen molar-refractivity contribution in [3.63, 3.8) is 0 Å². The summed E-state index contributed by atoms with van der Waals surface area (Å²) in [7, 11) is -4.01. The molecule has 0 amide bonds. The third kappa shape index (κ3) is 6.71. The van der Waals surface area contributed by atoms with Crippen molar-refractivity contribution in [1.29, 1.82) is 0 Å². The lowest BCUT2D eigenvalue weighted by Gasteiger charge is -2.35. The van der Waals surface area contributed by atoms with E-state index in [9.17, 15) is 19.5 Å². The molecule has 1 aromatic carbocycles. The normalized spacial score (nSPS) is 16.3. The van der Waals surface area contributed by atoms with Gasteiger partial charge in [0.05, 0.1) is 33.9 Å². The quantitative estimate of drug-likeness (QED) is 0.171. The van der Waals surface area contributed by atoms with E-state index in [1.165, 1.54) is 18.2 Å². The number of dihydropyridines is 1. The maximum atomic E-state index is 14.4. The fourth-order valence-corrected chi connectivity index (χ4v) is 6.61. The van der Waals surface area contributed by atoms with Gasteiger partial charge in [0.2, 0.25) is 0 Å². The summed E-state index contributed by atoms with van der Waals surface area (Å²) in [6.07, 6.45) is 2.26. The zero-order valence-electron chi connectivity index (χ0n) is 21.8. The number of nitrogens with one attached hydrogen (secondary N) is 1. The van der Waals surface area contributed by atoms with E-state index in [0.29, 0.717) is 22.5 Å². The number of allylic oxidation sites excluding steroid dienone is 3. The monoisotopic (exact) mass is 529 g/mol. The van der Waals surface area contributed by atoms with Gasteiger partial charge in [-0.2, -0.15) is 0 Å². The molecule has 0 saturated heterocycles. The van der Waals surface area contributed by atoms with Gasteiger partial charge >= 0.3 is 13.6 Å². The van der Waals surface area contributed by atoms with Gasteiger partial charge < -0.3 is 19.1 Å². The van der Waals surface area contributed by atoms with Crippen molar-refractivity contribution in [2.24, 2.45) is 0 Å². The van der Waals surface area contributed by atoms with E-state index >= 15 is 0 Å². The van der Waals surface area contributed by atoms with Crippen LogP contribution in [0.5, 0.6) is 0 Å². The first-order valence-corrected chi connectivity index (χ1v) is 13.4. The number of hydrogen-bond acceptors (Lipinski definition) is 9. The number of carbonyl (C=O) groups excluding carboxylic acids is 1. The van der Waals surface area contributed by atoms with Gasteiger partial charge in [-0.3, -0.25) is 19.7 Å². The average molecular weight is 530 g/mol. The van der Waals surface area contributed by atoms with Crippen molar-refractivity contribution in [1.82, 2.24) is 10.3 Å². The average Bonchev–Trinajstić information content (AvgIpc) is 2.81. The van der Waals surface area contributed by atoms with Crippen molar-refractivity contribution < 1.29 is 28.1 Å². The minimum absolute atomic E-state index is 0.0359. The van der Waals surface area contributed by atoms with Crippen LogP contribution in [-0.4, -0.2) is 28.1 Å². The summed E-state index contributed by atoms with van der Waals surface area (Å²) in [5, 5.41) is 14.9. The van der Waals surface area contributed by atoms with Crippen molar-refractivity contribution in [2.75, 3.05) is 0 Å². The van der Waals surface area contributed by atoms with Gasteiger partial charge in [0, 0.05) is 41.5 Å². The molecule has 0 fully saturated rings. The van der Waals surface area contributed by atoms with Gasteiger partial charge in [-0.25, -0.2) is 4.79 Å². The number of rotatable bonds is 10. The number of non-ortho nitro benzene ring substituents is 1. The molecule has 2 aromatic rings. The summed E-state index contributed by atoms with van der Waals surface area (Å²) >= 11 is 0. The maximum absolute atomic E-state index is 14.4. The minimum atomic E-state index is -4.01. The van der Waals surface area contributed by atoms with E-state index in [2.05, 4.69) is 10.3 Å². The Bertz CT molecular complexity index is 1260. The van der Waals surface area contributed by atoms with Gasteiger partial charge in [0.15, 0.2) is 0 Å². The summed E-state index contributed by atoms with van der Waals surface area (Å²) in [4.78, 5) is 28.6. The van der Waals surface area contributed by atoms with Crippen molar-refractivity contribution in [3.05, 3.63) is 92.3 Å². The highest BCUT2D eigenvalue weighted by molar-refractivity contribution is 7.58. The molecule has 0 radical (unpaired) electrons. The number of carbonyl (C=O) groups is 1. The Balaban J connectivity index is 2.18. The first-order valence-electron chi connectivity index (χ1n) is 11.9. The molecule has 1 aromatic heterocycles. The molecule has 0 bridgehead atoms. The molecule has 37 heavy (non-hydrogen) atoms. The molecule has 1 aliphatic heterocycles. The second-order valence-corrected chi connectivity index (χ2v) is 11.1. The van der Waals surface area contributed by atoms with Crippen molar-refractivity contribution in [3.8, 4) is 0 Å². The summed E-state index contributed by atoms with van der Waals surface area (Å²) in [5.41, 5.74) is 2.01. The Morgan fingerprint density at radius 1 is 1.11 bits per heavy atom. The van der Waals surface area contributed by atoms with Crippen LogP contribution >= 0.6 is 7.60 Å². The number of esters is 1. The molecule has 198 valence electrons. The predicted molar refractivity (Wildman–Crippen MR) is 138 cm³/mol. The molecule has 11 heteroatoms. The molecular formula is C26H32N3O7P. The van der Waals surface area contributed by atoms with Crippen LogP contribution in [0, 0.1) is 10.1 Å². The summed E-state index contributed by atoms with van der Waals surface area (Å²) in [5.74, 6) is -1.65. The summed E-state index contributed by atoms with van der Waals surface area (Å²) < 4.78 is 31.8. The second kappa shape index (κ2) is 11.8. The molecule has 1 unspecified atom stereocenters. The first kappa shape index (κ1) is 28.2. The van der Waals surface area contributed by atoms with Crippen LogP contribution in [0.1, 0.15) is 58.6 Å². The number of aromatic nitrogens is 1. The standard InChI is InChI=1S/C26H32N3O7P/c1-16(2)35-37(33,36-17(3)4)25-19(6)28-18(5)23(26(30)34-15-20-9-8-12-27-14-20)24(25)21-10-7-11-22(13-21)29(31)32/h7-14,16-17,24,28H,15H2,1-6H3. The zero-order chi connectivity index (χ0) is 27.3. The Morgan fingerprint density at radius 3 is 2.35 bits per heavy atom. The van der Waals surface area contributed by atoms with Gasteiger partial charge in [-0.1, -0.05) is 18.2 Å². The highest BCUT2D eigenvalue weighted by Gasteiger charge is 2.46. The lowest BCUT2D eigenvalue weighted by atomic mass is 9.86. The van der Waals surface area contributed by atoms with Crippen LogP contribution in [0.2, 0.25) is 0 Å². The number of ether oxygens (including phenoxy) is 1. The first-order chi connectivity index (χ1) is 17.4. The number of pyridine rings is 1. The van der Waals surface area contributed by atoms with Gasteiger partial charge in [0.1, 0.15) is 6.61 Å². The zero-order valence-corrected chi connectivity index (χ0v) is 22.7. The fraction of sp³-hybridized carbons (Fsp3) is 0.385. The third-order valence-electron chi connectivity index (χ3n) is 5.45. The Hall–Kier alpha value is -3.33. The molecule has 0 aliphatic carbocycles. The lowest BCUT2D eigenvalue weighted by Crippen LogP contribution is -2.30. The molecule has 10 nitrogen and oxygen atoms in total. The SMILES string of the molecule is CC1=C(C(=O)OCc2cccnc2)C(c2cccc([N+](=O)[O-])c2)C(P(=O)(OC(C)C)OC(C)C)=C(C)N1. The molecule has 0 saturated carbocycles. The van der Waals surface area contributed by atoms with Gasteiger partial charge in [-0.15, -0.1) is 0 Å². The molecule has 3 rings (SSSR count).